The van der Waals surface area contributed by atoms with Crippen molar-refractivity contribution in [1.29, 1.82) is 0 Å². The molecule has 206 valence electrons. The Morgan fingerprint density at radius 1 is 1.05 bits per heavy atom. The molecule has 1 spiro atoms. The van der Waals surface area contributed by atoms with Gasteiger partial charge in [-0.2, -0.15) is 10.1 Å². The summed E-state index contributed by atoms with van der Waals surface area (Å²) in [5.41, 5.74) is 3.64. The third-order valence-corrected chi connectivity index (χ3v) is 8.15. The van der Waals surface area contributed by atoms with Crippen LogP contribution in [0, 0.1) is 5.41 Å². The van der Waals surface area contributed by atoms with Gasteiger partial charge in [-0.05, 0) is 43.5 Å². The summed E-state index contributed by atoms with van der Waals surface area (Å²) in [6.45, 7) is 5.74. The van der Waals surface area contributed by atoms with E-state index in [9.17, 15) is 9.59 Å². The number of carbonyl (C=O) groups excluding carboxylic acids is 2. The van der Waals surface area contributed by atoms with Crippen LogP contribution in [0.3, 0.4) is 0 Å². The fourth-order valence-electron chi connectivity index (χ4n) is 5.68. The number of methoxy groups -OCH3 is 1. The van der Waals surface area contributed by atoms with Crippen molar-refractivity contribution in [3.63, 3.8) is 0 Å². The molecule has 0 unspecified atom stereocenters. The van der Waals surface area contributed by atoms with Gasteiger partial charge in [0.1, 0.15) is 5.75 Å². The van der Waals surface area contributed by atoms with Gasteiger partial charge in [0.05, 0.1) is 18.7 Å². The maximum absolute atomic E-state index is 13.7. The van der Waals surface area contributed by atoms with Gasteiger partial charge in [0.2, 0.25) is 17.6 Å². The van der Waals surface area contributed by atoms with Gasteiger partial charge < -0.3 is 19.1 Å². The van der Waals surface area contributed by atoms with Crippen LogP contribution in [0.15, 0.2) is 59.4 Å². The first-order chi connectivity index (χ1) is 19.4. The quantitative estimate of drug-likeness (QED) is 0.369. The molecule has 4 heterocycles. The highest BCUT2D eigenvalue weighted by atomic mass is 16.5. The number of carbonyl (C=O) groups is 2. The Morgan fingerprint density at radius 2 is 1.80 bits per heavy atom. The lowest BCUT2D eigenvalue weighted by Crippen LogP contribution is -2.46. The molecule has 1 N–H and O–H groups in total. The van der Waals surface area contributed by atoms with Crippen LogP contribution in [-0.2, 0) is 4.79 Å². The first-order valence-corrected chi connectivity index (χ1v) is 13.6. The number of piperidine rings is 1. The highest BCUT2D eigenvalue weighted by Crippen LogP contribution is 2.44. The monoisotopic (exact) mass is 540 g/mol. The molecule has 0 atom stereocenters. The molecule has 40 heavy (non-hydrogen) atoms. The van der Waals surface area contributed by atoms with Gasteiger partial charge in [-0.1, -0.05) is 31.1 Å². The van der Waals surface area contributed by atoms with Gasteiger partial charge >= 0.3 is 0 Å². The van der Waals surface area contributed by atoms with Crippen LogP contribution in [0.5, 0.6) is 5.75 Å². The number of ether oxygens (including phenoxy) is 1. The smallest absolute Gasteiger partial charge is 0.253 e. The first kappa shape index (κ1) is 25.8. The fraction of sp³-hybridized carbons (Fsp3) is 0.367. The summed E-state index contributed by atoms with van der Waals surface area (Å²) in [5.74, 6) is 2.05. The predicted octanol–water partition coefficient (Wildman–Crippen LogP) is 4.92. The Hall–Kier alpha value is -4.47. The second-order valence-electron chi connectivity index (χ2n) is 10.8. The zero-order valence-corrected chi connectivity index (χ0v) is 22.9. The van der Waals surface area contributed by atoms with Crippen molar-refractivity contribution in [2.24, 2.45) is 5.41 Å². The van der Waals surface area contributed by atoms with Crippen molar-refractivity contribution in [2.75, 3.05) is 31.6 Å². The topological polar surface area (TPSA) is 117 Å². The summed E-state index contributed by atoms with van der Waals surface area (Å²) in [7, 11) is 1.63. The Balaban J connectivity index is 1.11. The molecule has 2 aliphatic heterocycles. The number of anilines is 1. The van der Waals surface area contributed by atoms with E-state index in [4.69, 9.17) is 9.26 Å². The Bertz CT molecular complexity index is 1520. The molecule has 2 saturated heterocycles. The molecule has 2 fully saturated rings. The van der Waals surface area contributed by atoms with Crippen molar-refractivity contribution >= 4 is 17.5 Å². The van der Waals surface area contributed by atoms with Gasteiger partial charge in [0, 0.05) is 65.8 Å². The van der Waals surface area contributed by atoms with Crippen molar-refractivity contribution in [2.45, 2.75) is 39.0 Å². The van der Waals surface area contributed by atoms with Crippen LogP contribution < -0.4 is 9.64 Å². The van der Waals surface area contributed by atoms with E-state index in [-0.39, 0.29) is 17.7 Å². The average Bonchev–Trinajstić information content (AvgIpc) is 3.75. The Kier molecular flexibility index (Phi) is 6.61. The third kappa shape index (κ3) is 4.53. The molecule has 10 nitrogen and oxygen atoms in total. The van der Waals surface area contributed by atoms with E-state index in [0.717, 1.165) is 28.8 Å². The first-order valence-electron chi connectivity index (χ1n) is 13.6. The largest absolute Gasteiger partial charge is 0.496 e. The van der Waals surface area contributed by atoms with Crippen molar-refractivity contribution in [3.8, 4) is 28.3 Å². The van der Waals surface area contributed by atoms with E-state index in [1.807, 2.05) is 60.2 Å². The molecule has 0 radical (unpaired) electrons. The minimum absolute atomic E-state index is 0.0285. The lowest BCUT2D eigenvalue weighted by Gasteiger charge is -2.38. The van der Waals surface area contributed by atoms with E-state index >= 15 is 0 Å². The second-order valence-corrected chi connectivity index (χ2v) is 10.8. The highest BCUT2D eigenvalue weighted by Gasteiger charge is 2.49. The summed E-state index contributed by atoms with van der Waals surface area (Å²) in [6, 6.07) is 13.1. The third-order valence-electron chi connectivity index (χ3n) is 8.15. The summed E-state index contributed by atoms with van der Waals surface area (Å²) in [6.07, 6.45) is 5.63. The molecular formula is C30H32N6O4. The molecule has 2 aliphatic rings. The molecular weight excluding hydrogens is 508 g/mol. The van der Waals surface area contributed by atoms with Crippen LogP contribution in [0.2, 0.25) is 0 Å². The minimum atomic E-state index is -0.441. The summed E-state index contributed by atoms with van der Waals surface area (Å²) in [5, 5.41) is 10.9. The fourth-order valence-corrected chi connectivity index (χ4v) is 5.68. The number of hydrogen-bond acceptors (Lipinski definition) is 7. The van der Waals surface area contributed by atoms with E-state index < -0.39 is 5.41 Å². The highest BCUT2D eigenvalue weighted by molar-refractivity contribution is 6.01. The van der Waals surface area contributed by atoms with Gasteiger partial charge in [0.15, 0.2) is 0 Å². The Labute approximate surface area is 232 Å². The van der Waals surface area contributed by atoms with Crippen LogP contribution in [0.25, 0.3) is 22.5 Å². The molecule has 2 aromatic heterocycles. The maximum atomic E-state index is 13.7. The summed E-state index contributed by atoms with van der Waals surface area (Å²) >= 11 is 0. The van der Waals surface area contributed by atoms with Crippen LogP contribution >= 0.6 is 0 Å². The summed E-state index contributed by atoms with van der Waals surface area (Å²) in [4.78, 5) is 35.1. The van der Waals surface area contributed by atoms with Crippen molar-refractivity contribution < 1.29 is 18.8 Å². The van der Waals surface area contributed by atoms with Crippen LogP contribution in [0.4, 0.5) is 5.69 Å². The second kappa shape index (κ2) is 10.3. The SMILES string of the molecule is COc1cc(N2CCC3(CCN(C(=O)c4ccc(-c5noc(C(C)C)n5)cc4)CC3)C2=O)ccc1-c1cn[nH]c1. The molecule has 0 saturated carbocycles. The molecule has 0 bridgehead atoms. The van der Waals surface area contributed by atoms with E-state index in [1.54, 1.807) is 25.4 Å². The number of nitrogens with zero attached hydrogens (tertiary/aromatic N) is 5. The lowest BCUT2D eigenvalue weighted by atomic mass is 9.77. The maximum Gasteiger partial charge on any atom is 0.253 e. The lowest BCUT2D eigenvalue weighted by molar-refractivity contribution is -0.127. The number of H-pyrrole nitrogens is 1. The standard InChI is InChI=1S/C30H32N6O4/c1-19(2)27-33-26(34-40-27)20-4-6-21(7-5-20)28(37)35-13-10-30(11-14-35)12-15-36(29(30)38)23-8-9-24(25(16-23)39-3)22-17-31-32-18-22/h4-9,16-19H,10-15H2,1-3H3,(H,31,32). The number of aromatic amines is 1. The predicted molar refractivity (Wildman–Crippen MR) is 149 cm³/mol. The van der Waals surface area contributed by atoms with Gasteiger partial charge in [-0.3, -0.25) is 14.7 Å². The zero-order chi connectivity index (χ0) is 27.9. The van der Waals surface area contributed by atoms with Gasteiger partial charge in [0.25, 0.3) is 5.91 Å². The molecule has 2 aromatic carbocycles. The van der Waals surface area contributed by atoms with Crippen LogP contribution in [-0.4, -0.2) is 63.8 Å². The van der Waals surface area contributed by atoms with Gasteiger partial charge in [-0.25, -0.2) is 0 Å². The number of hydrogen-bond donors (Lipinski definition) is 1. The zero-order valence-electron chi connectivity index (χ0n) is 22.9. The molecule has 2 amide bonds. The number of rotatable bonds is 6. The molecule has 6 rings (SSSR count). The summed E-state index contributed by atoms with van der Waals surface area (Å²) < 4.78 is 10.9. The minimum Gasteiger partial charge on any atom is -0.496 e. The molecule has 4 aromatic rings. The van der Waals surface area contributed by atoms with E-state index in [0.29, 0.717) is 55.5 Å². The normalized spacial score (nSPS) is 16.8. The number of amides is 2. The number of likely N-dealkylation sites (tertiary alicyclic amines) is 1. The number of benzene rings is 2. The van der Waals surface area contributed by atoms with Crippen molar-refractivity contribution in [1.82, 2.24) is 25.2 Å². The average molecular weight is 541 g/mol. The van der Waals surface area contributed by atoms with E-state index in [2.05, 4.69) is 20.3 Å². The van der Waals surface area contributed by atoms with Gasteiger partial charge in [-0.15, -0.1) is 0 Å². The number of nitrogens with one attached hydrogen (secondary N) is 1. The van der Waals surface area contributed by atoms with Crippen molar-refractivity contribution in [3.05, 3.63) is 66.3 Å². The Morgan fingerprint density at radius 3 is 2.45 bits per heavy atom. The van der Waals surface area contributed by atoms with E-state index in [1.165, 1.54) is 0 Å². The van der Waals surface area contributed by atoms with Crippen LogP contribution in [0.1, 0.15) is 55.3 Å². The molecule has 0 aliphatic carbocycles. The molecule has 10 heteroatoms. The number of aromatic nitrogens is 4.